The van der Waals surface area contributed by atoms with E-state index in [-0.39, 0.29) is 0 Å². The van der Waals surface area contributed by atoms with Gasteiger partial charge >= 0.3 is 0 Å². The predicted octanol–water partition coefficient (Wildman–Crippen LogP) is 0.992. The number of benzene rings is 1. The fourth-order valence-corrected chi connectivity index (χ4v) is 2.62. The lowest BCUT2D eigenvalue weighted by atomic mass is 10.0. The van der Waals surface area contributed by atoms with Crippen molar-refractivity contribution in [1.82, 2.24) is 14.8 Å². The summed E-state index contributed by atoms with van der Waals surface area (Å²) in [6.07, 6.45) is 0. The summed E-state index contributed by atoms with van der Waals surface area (Å²) >= 11 is 6.00. The van der Waals surface area contributed by atoms with Crippen molar-refractivity contribution in [3.05, 3.63) is 40.5 Å². The minimum atomic E-state index is -0.503. The Morgan fingerprint density at radius 3 is 2.85 bits per heavy atom. The highest BCUT2D eigenvalue weighted by molar-refractivity contribution is 6.30. The van der Waals surface area contributed by atoms with Crippen LogP contribution in [0.4, 0.5) is 0 Å². The maximum Gasteiger partial charge on any atom is 0.252 e. The van der Waals surface area contributed by atoms with E-state index in [1.54, 1.807) is 21.8 Å². The van der Waals surface area contributed by atoms with Gasteiger partial charge in [0.25, 0.3) is 5.91 Å². The molecule has 0 fully saturated rings. The number of aromatic nitrogens is 2. The van der Waals surface area contributed by atoms with Gasteiger partial charge in [-0.25, -0.2) is 5.01 Å². The standard InChI is InChI=1S/C13H14ClN5O/c14-9-3-1-2-8(6-9)12-11(13(15)20)10-7-18(16)4-5-19(10)17-12/h1-3,6H,4-5,7,16H2,(H2,15,20). The molecule has 7 heteroatoms. The van der Waals surface area contributed by atoms with Gasteiger partial charge in [0.2, 0.25) is 0 Å². The SMILES string of the molecule is NC(=O)c1c(-c2cccc(Cl)c2)nn2c1CN(N)CC2. The summed E-state index contributed by atoms with van der Waals surface area (Å²) in [4.78, 5) is 11.8. The van der Waals surface area contributed by atoms with Crippen molar-refractivity contribution in [2.75, 3.05) is 6.54 Å². The lowest BCUT2D eigenvalue weighted by Gasteiger charge is -2.23. The molecule has 0 saturated heterocycles. The van der Waals surface area contributed by atoms with Crippen LogP contribution in [0.15, 0.2) is 24.3 Å². The number of hydrogen-bond donors (Lipinski definition) is 2. The van der Waals surface area contributed by atoms with E-state index in [1.165, 1.54) is 0 Å². The summed E-state index contributed by atoms with van der Waals surface area (Å²) < 4.78 is 1.79. The van der Waals surface area contributed by atoms with Crippen molar-refractivity contribution in [2.45, 2.75) is 13.1 Å². The number of amides is 1. The molecule has 0 bridgehead atoms. The van der Waals surface area contributed by atoms with Crippen LogP contribution in [-0.4, -0.2) is 27.2 Å². The Hall–Kier alpha value is -1.89. The third-order valence-electron chi connectivity index (χ3n) is 3.35. The number of nitrogens with zero attached hydrogens (tertiary/aromatic N) is 3. The average Bonchev–Trinajstić information content (AvgIpc) is 2.77. The zero-order chi connectivity index (χ0) is 14.3. The Balaban J connectivity index is 2.19. The molecule has 4 N–H and O–H groups in total. The summed E-state index contributed by atoms with van der Waals surface area (Å²) in [6.45, 7) is 1.76. The van der Waals surface area contributed by atoms with Crippen LogP contribution in [0.25, 0.3) is 11.3 Å². The Labute approximate surface area is 120 Å². The number of halogens is 1. The first kappa shape index (κ1) is 13.1. The molecule has 1 aromatic carbocycles. The van der Waals surface area contributed by atoms with Gasteiger partial charge in [0.15, 0.2) is 0 Å². The van der Waals surface area contributed by atoms with Crippen molar-refractivity contribution in [3.63, 3.8) is 0 Å². The molecule has 0 spiro atoms. The highest BCUT2D eigenvalue weighted by Crippen LogP contribution is 2.29. The van der Waals surface area contributed by atoms with Gasteiger partial charge in [0, 0.05) is 17.1 Å². The van der Waals surface area contributed by atoms with Gasteiger partial charge < -0.3 is 5.73 Å². The fourth-order valence-electron chi connectivity index (χ4n) is 2.43. The maximum absolute atomic E-state index is 11.8. The number of hydrazine groups is 1. The van der Waals surface area contributed by atoms with Crippen LogP contribution in [0, 0.1) is 0 Å². The lowest BCUT2D eigenvalue weighted by molar-refractivity contribution is 0.0997. The quantitative estimate of drug-likeness (QED) is 0.808. The molecule has 0 saturated carbocycles. The van der Waals surface area contributed by atoms with Crippen LogP contribution in [0.2, 0.25) is 5.02 Å². The van der Waals surface area contributed by atoms with Gasteiger partial charge in [-0.1, -0.05) is 23.7 Å². The number of nitrogens with two attached hydrogens (primary N) is 2. The molecule has 0 atom stereocenters. The minimum absolute atomic E-state index is 0.419. The molecule has 2 heterocycles. The van der Waals surface area contributed by atoms with Gasteiger partial charge in [-0.2, -0.15) is 5.10 Å². The van der Waals surface area contributed by atoms with Gasteiger partial charge in [-0.3, -0.25) is 15.3 Å². The van der Waals surface area contributed by atoms with E-state index in [2.05, 4.69) is 5.10 Å². The number of carbonyl (C=O) groups is 1. The van der Waals surface area contributed by atoms with Gasteiger partial charge in [-0.05, 0) is 12.1 Å². The minimum Gasteiger partial charge on any atom is -0.365 e. The number of fused-ring (bicyclic) bond motifs is 1. The van der Waals surface area contributed by atoms with Crippen molar-refractivity contribution < 1.29 is 4.79 Å². The molecule has 1 amide bonds. The van der Waals surface area contributed by atoms with Gasteiger partial charge in [0.1, 0.15) is 5.69 Å². The number of rotatable bonds is 2. The molecule has 1 aromatic heterocycles. The van der Waals surface area contributed by atoms with Crippen LogP contribution < -0.4 is 11.6 Å². The highest BCUT2D eigenvalue weighted by atomic mass is 35.5. The lowest BCUT2D eigenvalue weighted by Crippen LogP contribution is -2.39. The van der Waals surface area contributed by atoms with E-state index in [0.29, 0.717) is 35.9 Å². The molecule has 1 aliphatic heterocycles. The van der Waals surface area contributed by atoms with E-state index in [0.717, 1.165) is 11.3 Å². The van der Waals surface area contributed by atoms with Crippen molar-refractivity contribution in [2.24, 2.45) is 11.6 Å². The number of primary amides is 1. The number of carbonyl (C=O) groups excluding carboxylic acids is 1. The summed E-state index contributed by atoms with van der Waals surface area (Å²) in [5.74, 6) is 5.31. The van der Waals surface area contributed by atoms with Crippen LogP contribution in [-0.2, 0) is 13.1 Å². The Morgan fingerprint density at radius 1 is 1.35 bits per heavy atom. The number of hydrogen-bond acceptors (Lipinski definition) is 4. The average molecular weight is 292 g/mol. The first-order chi connectivity index (χ1) is 9.56. The summed E-state index contributed by atoms with van der Waals surface area (Å²) in [5, 5.41) is 6.72. The van der Waals surface area contributed by atoms with Crippen molar-refractivity contribution >= 4 is 17.5 Å². The second-order valence-electron chi connectivity index (χ2n) is 4.74. The molecule has 1 aliphatic rings. The monoisotopic (exact) mass is 291 g/mol. The van der Waals surface area contributed by atoms with Crippen LogP contribution >= 0.6 is 11.6 Å². The smallest absolute Gasteiger partial charge is 0.252 e. The molecule has 3 rings (SSSR count). The first-order valence-electron chi connectivity index (χ1n) is 6.21. The molecule has 2 aromatic rings. The van der Waals surface area contributed by atoms with E-state index >= 15 is 0 Å². The maximum atomic E-state index is 11.8. The topological polar surface area (TPSA) is 90.2 Å². The summed E-state index contributed by atoms with van der Waals surface area (Å²) in [7, 11) is 0. The van der Waals surface area contributed by atoms with Gasteiger partial charge in [-0.15, -0.1) is 0 Å². The zero-order valence-corrected chi connectivity index (χ0v) is 11.5. The largest absolute Gasteiger partial charge is 0.365 e. The third kappa shape index (κ3) is 2.18. The molecule has 0 aliphatic carbocycles. The fraction of sp³-hybridized carbons (Fsp3) is 0.231. The van der Waals surface area contributed by atoms with Crippen LogP contribution in [0.1, 0.15) is 16.1 Å². The summed E-state index contributed by atoms with van der Waals surface area (Å²) in [6, 6.07) is 7.21. The molecule has 104 valence electrons. The Bertz CT molecular complexity index is 681. The predicted molar refractivity (Wildman–Crippen MR) is 75.8 cm³/mol. The van der Waals surface area contributed by atoms with E-state index < -0.39 is 5.91 Å². The second kappa shape index (κ2) is 4.90. The first-order valence-corrected chi connectivity index (χ1v) is 6.59. The highest BCUT2D eigenvalue weighted by Gasteiger charge is 2.26. The molecule has 0 radical (unpaired) electrons. The van der Waals surface area contributed by atoms with Gasteiger partial charge in [0.05, 0.1) is 24.3 Å². The zero-order valence-electron chi connectivity index (χ0n) is 10.7. The Morgan fingerprint density at radius 2 is 2.15 bits per heavy atom. The van der Waals surface area contributed by atoms with Crippen LogP contribution in [0.5, 0.6) is 0 Å². The van der Waals surface area contributed by atoms with E-state index in [4.69, 9.17) is 23.2 Å². The molecule has 6 nitrogen and oxygen atoms in total. The third-order valence-corrected chi connectivity index (χ3v) is 3.59. The summed E-state index contributed by atoms with van der Waals surface area (Å²) in [5.41, 5.74) is 8.02. The second-order valence-corrected chi connectivity index (χ2v) is 5.17. The van der Waals surface area contributed by atoms with Crippen molar-refractivity contribution in [3.8, 4) is 11.3 Å². The Kier molecular flexibility index (Phi) is 3.21. The normalized spacial score (nSPS) is 15.1. The van der Waals surface area contributed by atoms with E-state index in [9.17, 15) is 4.79 Å². The molecule has 20 heavy (non-hydrogen) atoms. The van der Waals surface area contributed by atoms with E-state index in [1.807, 2.05) is 12.1 Å². The molecular formula is C13H14ClN5O. The molecule has 0 unspecified atom stereocenters. The van der Waals surface area contributed by atoms with Crippen molar-refractivity contribution in [1.29, 1.82) is 0 Å². The van der Waals surface area contributed by atoms with Crippen LogP contribution in [0.3, 0.4) is 0 Å². The molecular weight excluding hydrogens is 278 g/mol.